The maximum Gasteiger partial charge on any atom is 0.235 e. The molecule has 1 fully saturated rings. The van der Waals surface area contributed by atoms with E-state index in [1.807, 2.05) is 24.3 Å². The average Bonchev–Trinajstić information content (AvgIpc) is 2.77. The number of allylic oxidation sites excluding steroid dienone is 1. The van der Waals surface area contributed by atoms with E-state index in [2.05, 4.69) is 23.0 Å². The van der Waals surface area contributed by atoms with Crippen molar-refractivity contribution in [2.24, 2.45) is 4.99 Å². The van der Waals surface area contributed by atoms with Crippen molar-refractivity contribution in [3.05, 3.63) is 65.0 Å². The van der Waals surface area contributed by atoms with Crippen LogP contribution in [-0.2, 0) is 0 Å². The fourth-order valence-corrected chi connectivity index (χ4v) is 3.79. The number of quaternary nitrogens is 1. The molecule has 0 amide bonds. The van der Waals surface area contributed by atoms with Crippen molar-refractivity contribution in [3.63, 3.8) is 0 Å². The summed E-state index contributed by atoms with van der Waals surface area (Å²) in [5.74, 6) is 1.28. The van der Waals surface area contributed by atoms with Gasteiger partial charge in [0.1, 0.15) is 28.9 Å². The summed E-state index contributed by atoms with van der Waals surface area (Å²) in [6.07, 6.45) is 1.76. The first-order chi connectivity index (χ1) is 14.6. The monoisotopic (exact) mass is 405 g/mol. The number of nitriles is 1. The first-order valence-electron chi connectivity index (χ1n) is 9.97. The van der Waals surface area contributed by atoms with Crippen LogP contribution in [0.25, 0.3) is 0 Å². The van der Waals surface area contributed by atoms with Crippen LogP contribution in [0.1, 0.15) is 17.0 Å². The number of likely N-dealkylation sites (N-methyl/N-ethyl adjacent to an activating group) is 1. The van der Waals surface area contributed by atoms with Crippen molar-refractivity contribution in [1.29, 1.82) is 5.26 Å². The van der Waals surface area contributed by atoms with Gasteiger partial charge < -0.3 is 24.4 Å². The van der Waals surface area contributed by atoms with Crippen molar-refractivity contribution in [1.82, 2.24) is 4.90 Å². The van der Waals surface area contributed by atoms with Crippen LogP contribution in [0, 0.1) is 11.3 Å². The number of nitrogens with one attached hydrogen (secondary N) is 1. The summed E-state index contributed by atoms with van der Waals surface area (Å²) in [4.78, 5) is 8.17. The van der Waals surface area contributed by atoms with Crippen LogP contribution in [0.15, 0.2) is 58.9 Å². The molecule has 0 aromatic heterocycles. The molecule has 0 radical (unpaired) electrons. The van der Waals surface area contributed by atoms with Crippen LogP contribution in [-0.4, -0.2) is 56.7 Å². The molecule has 0 aliphatic carbocycles. The Bertz CT molecular complexity index is 1020. The Morgan fingerprint density at radius 2 is 1.97 bits per heavy atom. The van der Waals surface area contributed by atoms with Crippen LogP contribution in [0.2, 0.25) is 0 Å². The number of hydrogen-bond donors (Lipinski definition) is 2. The summed E-state index contributed by atoms with van der Waals surface area (Å²) in [6.45, 7) is 3.90. The van der Waals surface area contributed by atoms with Gasteiger partial charge in [0.25, 0.3) is 0 Å². The lowest BCUT2D eigenvalue weighted by molar-refractivity contribution is -0.883. The number of ether oxygens (including phenoxy) is 2. The predicted octanol–water partition coefficient (Wildman–Crippen LogP) is 1.52. The molecule has 0 saturated carbocycles. The zero-order valence-corrected chi connectivity index (χ0v) is 17.1. The van der Waals surface area contributed by atoms with Crippen molar-refractivity contribution in [2.45, 2.75) is 5.92 Å². The Morgan fingerprint density at radius 1 is 1.23 bits per heavy atom. The van der Waals surface area contributed by atoms with E-state index in [9.17, 15) is 10.4 Å². The van der Waals surface area contributed by atoms with Crippen LogP contribution in [0.3, 0.4) is 0 Å². The van der Waals surface area contributed by atoms with Crippen molar-refractivity contribution < 1.29 is 19.5 Å². The van der Waals surface area contributed by atoms with Gasteiger partial charge in [0.2, 0.25) is 5.88 Å². The molecule has 1 saturated heterocycles. The molecule has 0 bridgehead atoms. The van der Waals surface area contributed by atoms with Crippen molar-refractivity contribution in [2.75, 3.05) is 40.3 Å². The molecule has 2 N–H and O–H groups in total. The van der Waals surface area contributed by atoms with E-state index in [1.165, 1.54) is 4.90 Å². The maximum atomic E-state index is 9.99. The number of rotatable bonds is 4. The number of piperazine rings is 1. The fourth-order valence-electron chi connectivity index (χ4n) is 3.79. The SMILES string of the molecule is COc1ccc([C@H]2C(C#N)=C(N=CN3CC[NH+](C)CC3)Oc3cc(O)ccc32)cc1. The van der Waals surface area contributed by atoms with Crippen LogP contribution >= 0.6 is 0 Å². The number of aromatic hydroxyl groups is 1. The summed E-state index contributed by atoms with van der Waals surface area (Å²) in [7, 11) is 3.80. The third kappa shape index (κ3) is 3.95. The van der Waals surface area contributed by atoms with Gasteiger partial charge >= 0.3 is 0 Å². The zero-order chi connectivity index (χ0) is 21.1. The van der Waals surface area contributed by atoms with Gasteiger partial charge in [0, 0.05) is 11.6 Å². The third-order valence-electron chi connectivity index (χ3n) is 5.59. The highest BCUT2D eigenvalue weighted by Gasteiger charge is 2.32. The van der Waals surface area contributed by atoms with Crippen LogP contribution in [0.5, 0.6) is 17.2 Å². The number of aliphatic imine (C=N–C) groups is 1. The molecule has 2 aromatic carbocycles. The minimum absolute atomic E-state index is 0.105. The number of nitrogens with zero attached hydrogens (tertiary/aromatic N) is 3. The summed E-state index contributed by atoms with van der Waals surface area (Å²) >= 11 is 0. The summed E-state index contributed by atoms with van der Waals surface area (Å²) < 4.78 is 11.2. The van der Waals surface area contributed by atoms with Crippen LogP contribution in [0.4, 0.5) is 0 Å². The summed E-state index contributed by atoms with van der Waals surface area (Å²) in [5.41, 5.74) is 2.18. The van der Waals surface area contributed by atoms with Gasteiger partial charge in [-0.15, -0.1) is 0 Å². The fraction of sp³-hybridized carbons (Fsp3) is 0.304. The second-order valence-electron chi connectivity index (χ2n) is 7.60. The molecular formula is C23H25N4O3+. The van der Waals surface area contributed by atoms with Gasteiger partial charge in [0.15, 0.2) is 0 Å². The molecular weight excluding hydrogens is 380 g/mol. The van der Waals surface area contributed by atoms with E-state index in [0.29, 0.717) is 11.3 Å². The highest BCUT2D eigenvalue weighted by molar-refractivity contribution is 5.61. The predicted molar refractivity (Wildman–Crippen MR) is 113 cm³/mol. The largest absolute Gasteiger partial charge is 0.508 e. The third-order valence-corrected chi connectivity index (χ3v) is 5.59. The number of fused-ring (bicyclic) bond motifs is 1. The van der Waals surface area contributed by atoms with E-state index < -0.39 is 0 Å². The molecule has 0 unspecified atom stereocenters. The first kappa shape index (κ1) is 19.8. The molecule has 30 heavy (non-hydrogen) atoms. The molecule has 0 spiro atoms. The Hall–Kier alpha value is -3.50. The van der Waals surface area contributed by atoms with E-state index >= 15 is 0 Å². The Morgan fingerprint density at radius 3 is 2.63 bits per heavy atom. The lowest BCUT2D eigenvalue weighted by Gasteiger charge is -2.29. The molecule has 2 aromatic rings. The number of phenols is 1. The molecule has 154 valence electrons. The maximum absolute atomic E-state index is 9.99. The van der Waals surface area contributed by atoms with E-state index in [0.717, 1.165) is 43.1 Å². The lowest BCUT2D eigenvalue weighted by Crippen LogP contribution is -3.11. The standard InChI is InChI=1S/C23H24N4O3/c1-26-9-11-27(12-10-26)15-25-23-20(14-24)22(16-3-6-18(29-2)7-4-16)19-8-5-17(28)13-21(19)30-23/h3-8,13,15,22,28H,9-12H2,1-2H3/p+1/t22-/m1/s1. The number of methoxy groups -OCH3 is 1. The van der Waals surface area contributed by atoms with Gasteiger partial charge in [-0.25, -0.2) is 4.99 Å². The highest BCUT2D eigenvalue weighted by Crippen LogP contribution is 2.44. The quantitative estimate of drug-likeness (QED) is 0.595. The number of phenolic OH excluding ortho intramolecular Hbond substituents is 1. The average molecular weight is 405 g/mol. The highest BCUT2D eigenvalue weighted by atomic mass is 16.5. The Kier molecular flexibility index (Phi) is 5.59. The second-order valence-corrected chi connectivity index (χ2v) is 7.60. The normalized spacial score (nSPS) is 19.4. The van der Waals surface area contributed by atoms with Crippen LogP contribution < -0.4 is 14.4 Å². The minimum Gasteiger partial charge on any atom is -0.508 e. The van der Waals surface area contributed by atoms with E-state index in [4.69, 9.17) is 9.47 Å². The molecule has 2 aliphatic heterocycles. The summed E-state index contributed by atoms with van der Waals surface area (Å²) in [5, 5.41) is 19.9. The van der Waals surface area contributed by atoms with Gasteiger partial charge in [-0.3, -0.25) is 0 Å². The molecule has 1 atom stereocenters. The lowest BCUT2D eigenvalue weighted by atomic mass is 9.83. The number of hydrogen-bond acceptors (Lipinski definition) is 5. The van der Waals surface area contributed by atoms with Gasteiger partial charge in [-0.1, -0.05) is 18.2 Å². The molecule has 7 heteroatoms. The topological polar surface area (TPSA) is 82.5 Å². The Balaban J connectivity index is 1.74. The van der Waals surface area contributed by atoms with Crippen molar-refractivity contribution >= 4 is 6.34 Å². The van der Waals surface area contributed by atoms with Gasteiger partial charge in [-0.2, -0.15) is 5.26 Å². The second kappa shape index (κ2) is 8.47. The van der Waals surface area contributed by atoms with E-state index in [1.54, 1.807) is 31.6 Å². The Labute approximate surface area is 176 Å². The molecule has 4 rings (SSSR count). The first-order valence-corrected chi connectivity index (χ1v) is 9.97. The smallest absolute Gasteiger partial charge is 0.235 e. The van der Waals surface area contributed by atoms with E-state index in [-0.39, 0.29) is 17.6 Å². The molecule has 2 aliphatic rings. The minimum atomic E-state index is -0.339. The molecule has 2 heterocycles. The number of benzene rings is 2. The van der Waals surface area contributed by atoms with Crippen molar-refractivity contribution in [3.8, 4) is 23.3 Å². The molecule has 7 nitrogen and oxygen atoms in total. The summed E-state index contributed by atoms with van der Waals surface area (Å²) in [6, 6.07) is 14.9. The van der Waals surface area contributed by atoms with Gasteiger partial charge in [0.05, 0.1) is 52.6 Å². The zero-order valence-electron chi connectivity index (χ0n) is 17.1. The van der Waals surface area contributed by atoms with Gasteiger partial charge in [-0.05, 0) is 23.8 Å².